The number of primary amides is 1. The molecule has 0 atom stereocenters. The molecule has 1 heterocycles. The number of hydrogen-bond donors (Lipinski definition) is 2. The van der Waals surface area contributed by atoms with E-state index in [1.54, 1.807) is 36.4 Å². The number of anilines is 1. The third kappa shape index (κ3) is 5.79. The largest absolute Gasteiger partial charge is 0.493 e. The van der Waals surface area contributed by atoms with Crippen molar-refractivity contribution in [2.24, 2.45) is 5.73 Å². The van der Waals surface area contributed by atoms with E-state index >= 15 is 0 Å². The number of rotatable bonds is 9. The summed E-state index contributed by atoms with van der Waals surface area (Å²) < 4.78 is 21.5. The van der Waals surface area contributed by atoms with Gasteiger partial charge < -0.3 is 30.0 Å². The molecule has 10 heteroatoms. The molecular weight excluding hydrogens is 438 g/mol. The summed E-state index contributed by atoms with van der Waals surface area (Å²) in [6.45, 7) is -0.367. The lowest BCUT2D eigenvalue weighted by molar-refractivity contribution is -0.120. The lowest BCUT2D eigenvalue weighted by Gasteiger charge is -2.15. The number of carbonyl (C=O) groups is 2. The van der Waals surface area contributed by atoms with Crippen molar-refractivity contribution in [1.29, 1.82) is 0 Å². The summed E-state index contributed by atoms with van der Waals surface area (Å²) in [6.07, 6.45) is 1.46. The minimum Gasteiger partial charge on any atom is -0.493 e. The topological polar surface area (TPSA) is 122 Å². The van der Waals surface area contributed by atoms with E-state index in [4.69, 9.17) is 36.3 Å². The van der Waals surface area contributed by atoms with Crippen LogP contribution in [0.3, 0.4) is 0 Å². The van der Waals surface area contributed by atoms with Crippen molar-refractivity contribution in [2.75, 3.05) is 26.1 Å². The Balaban J connectivity index is 1.73. The second-order valence-corrected chi connectivity index (χ2v) is 6.80. The maximum absolute atomic E-state index is 12.7. The molecule has 0 aliphatic rings. The number of methoxy groups -OCH3 is 2. The van der Waals surface area contributed by atoms with E-state index < -0.39 is 11.8 Å². The Bertz CT molecular complexity index is 1080. The first-order valence-electron chi connectivity index (χ1n) is 9.27. The summed E-state index contributed by atoms with van der Waals surface area (Å²) in [7, 11) is 2.80. The molecule has 0 radical (unpaired) electrons. The van der Waals surface area contributed by atoms with Crippen molar-refractivity contribution < 1.29 is 28.5 Å². The zero-order chi connectivity index (χ0) is 23.1. The standard InChI is InChI=1S/C22H20ClN3O6/c1-29-17-9-13(10-18(30-2)21(17)31-12-19(24)27)22(28)26-15-5-8-20(25-11-15)32-16-6-3-14(23)4-7-16/h3-11H,12H2,1-2H3,(H2,24,27)(H,26,28). The molecule has 9 nitrogen and oxygen atoms in total. The molecule has 2 aromatic carbocycles. The monoisotopic (exact) mass is 457 g/mol. The van der Waals surface area contributed by atoms with Gasteiger partial charge in [-0.1, -0.05) is 11.6 Å². The lowest BCUT2D eigenvalue weighted by atomic mass is 10.1. The maximum atomic E-state index is 12.7. The fourth-order valence-electron chi connectivity index (χ4n) is 2.64. The van der Waals surface area contributed by atoms with Crippen LogP contribution in [-0.4, -0.2) is 37.6 Å². The predicted molar refractivity (Wildman–Crippen MR) is 118 cm³/mol. The maximum Gasteiger partial charge on any atom is 0.255 e. The number of aromatic nitrogens is 1. The van der Waals surface area contributed by atoms with Crippen LogP contribution in [0.25, 0.3) is 0 Å². The van der Waals surface area contributed by atoms with E-state index in [0.717, 1.165) is 0 Å². The van der Waals surface area contributed by atoms with Crippen molar-refractivity contribution in [3.8, 4) is 28.9 Å². The first kappa shape index (κ1) is 22.7. The number of ether oxygens (including phenoxy) is 4. The number of hydrogen-bond acceptors (Lipinski definition) is 7. The second-order valence-electron chi connectivity index (χ2n) is 6.36. The Hall–Kier alpha value is -3.98. The number of benzene rings is 2. The third-order valence-corrected chi connectivity index (χ3v) is 4.36. The van der Waals surface area contributed by atoms with Gasteiger partial charge in [0.15, 0.2) is 18.1 Å². The summed E-state index contributed by atoms with van der Waals surface area (Å²) in [4.78, 5) is 27.9. The highest BCUT2D eigenvalue weighted by molar-refractivity contribution is 6.30. The van der Waals surface area contributed by atoms with Crippen LogP contribution in [0.4, 0.5) is 5.69 Å². The quantitative estimate of drug-likeness (QED) is 0.502. The number of carbonyl (C=O) groups excluding carboxylic acids is 2. The average molecular weight is 458 g/mol. The molecule has 3 aromatic rings. The lowest BCUT2D eigenvalue weighted by Crippen LogP contribution is -2.20. The molecule has 0 fully saturated rings. The van der Waals surface area contributed by atoms with Gasteiger partial charge in [-0.25, -0.2) is 4.98 Å². The smallest absolute Gasteiger partial charge is 0.255 e. The number of nitrogens with zero attached hydrogens (tertiary/aromatic N) is 1. The van der Waals surface area contributed by atoms with Crippen LogP contribution in [0.1, 0.15) is 10.4 Å². The van der Waals surface area contributed by atoms with E-state index in [2.05, 4.69) is 10.3 Å². The number of nitrogens with one attached hydrogen (secondary N) is 1. The first-order chi connectivity index (χ1) is 15.4. The first-order valence-corrected chi connectivity index (χ1v) is 9.65. The molecule has 166 valence electrons. The van der Waals surface area contributed by atoms with Gasteiger partial charge >= 0.3 is 0 Å². The minimum atomic E-state index is -0.660. The van der Waals surface area contributed by atoms with E-state index in [9.17, 15) is 9.59 Å². The molecule has 0 saturated heterocycles. The van der Waals surface area contributed by atoms with Gasteiger partial charge in [0.25, 0.3) is 11.8 Å². The molecule has 0 bridgehead atoms. The molecule has 2 amide bonds. The molecular formula is C22H20ClN3O6. The molecule has 1 aromatic heterocycles. The van der Waals surface area contributed by atoms with Crippen molar-refractivity contribution in [3.63, 3.8) is 0 Å². The van der Waals surface area contributed by atoms with E-state index in [-0.39, 0.29) is 29.4 Å². The second kappa shape index (κ2) is 10.4. The van der Waals surface area contributed by atoms with Gasteiger partial charge in [-0.15, -0.1) is 0 Å². The average Bonchev–Trinajstić information content (AvgIpc) is 2.79. The van der Waals surface area contributed by atoms with Crippen LogP contribution >= 0.6 is 11.6 Å². The number of nitrogens with two attached hydrogens (primary N) is 1. The molecule has 32 heavy (non-hydrogen) atoms. The molecule has 0 aliphatic heterocycles. The van der Waals surface area contributed by atoms with Crippen molar-refractivity contribution >= 4 is 29.1 Å². The zero-order valence-electron chi connectivity index (χ0n) is 17.3. The highest BCUT2D eigenvalue weighted by atomic mass is 35.5. The Morgan fingerprint density at radius 1 is 1.03 bits per heavy atom. The van der Waals surface area contributed by atoms with Crippen LogP contribution in [0.15, 0.2) is 54.7 Å². The van der Waals surface area contributed by atoms with Crippen LogP contribution in [-0.2, 0) is 4.79 Å². The summed E-state index contributed by atoms with van der Waals surface area (Å²) in [5.74, 6) is 0.418. The van der Waals surface area contributed by atoms with Gasteiger partial charge in [0.05, 0.1) is 26.1 Å². The molecule has 0 aliphatic carbocycles. The Morgan fingerprint density at radius 2 is 1.69 bits per heavy atom. The van der Waals surface area contributed by atoms with E-state index in [0.29, 0.717) is 22.3 Å². The molecule has 0 saturated carbocycles. The van der Waals surface area contributed by atoms with E-state index in [1.807, 2.05) is 0 Å². The Morgan fingerprint density at radius 3 is 2.22 bits per heavy atom. The zero-order valence-corrected chi connectivity index (χ0v) is 18.0. The highest BCUT2D eigenvalue weighted by Crippen LogP contribution is 2.38. The van der Waals surface area contributed by atoms with Gasteiger partial charge in [-0.3, -0.25) is 9.59 Å². The highest BCUT2D eigenvalue weighted by Gasteiger charge is 2.18. The summed E-state index contributed by atoms with van der Waals surface area (Å²) >= 11 is 5.86. The molecule has 3 N–H and O–H groups in total. The fraction of sp³-hybridized carbons (Fsp3) is 0.136. The number of halogens is 1. The Labute approximate surface area is 189 Å². The van der Waals surface area contributed by atoms with E-state index in [1.165, 1.54) is 32.5 Å². The summed E-state index contributed by atoms with van der Waals surface area (Å²) in [5.41, 5.74) is 5.81. The van der Waals surface area contributed by atoms with Crippen LogP contribution < -0.4 is 30.0 Å². The van der Waals surface area contributed by atoms with Gasteiger partial charge in [0.1, 0.15) is 5.75 Å². The summed E-state index contributed by atoms with van der Waals surface area (Å²) in [6, 6.07) is 13.0. The number of pyridine rings is 1. The van der Waals surface area contributed by atoms with Crippen molar-refractivity contribution in [1.82, 2.24) is 4.98 Å². The van der Waals surface area contributed by atoms with Crippen LogP contribution in [0.2, 0.25) is 5.02 Å². The van der Waals surface area contributed by atoms with Crippen molar-refractivity contribution in [3.05, 3.63) is 65.3 Å². The predicted octanol–water partition coefficient (Wildman–Crippen LogP) is 3.66. The van der Waals surface area contributed by atoms with Gasteiger partial charge in [0.2, 0.25) is 11.6 Å². The van der Waals surface area contributed by atoms with Crippen LogP contribution in [0, 0.1) is 0 Å². The minimum absolute atomic E-state index is 0.163. The Kier molecular flexibility index (Phi) is 7.35. The normalized spacial score (nSPS) is 10.2. The molecule has 3 rings (SSSR count). The third-order valence-electron chi connectivity index (χ3n) is 4.11. The van der Waals surface area contributed by atoms with Crippen molar-refractivity contribution in [2.45, 2.75) is 0 Å². The van der Waals surface area contributed by atoms with Gasteiger partial charge in [0, 0.05) is 16.7 Å². The van der Waals surface area contributed by atoms with Crippen LogP contribution in [0.5, 0.6) is 28.9 Å². The fourth-order valence-corrected chi connectivity index (χ4v) is 2.76. The van der Waals surface area contributed by atoms with Gasteiger partial charge in [-0.05, 0) is 42.5 Å². The molecule has 0 unspecified atom stereocenters. The molecule has 0 spiro atoms. The summed E-state index contributed by atoms with van der Waals surface area (Å²) in [5, 5.41) is 3.33. The number of amides is 2. The SMILES string of the molecule is COc1cc(C(=O)Nc2ccc(Oc3ccc(Cl)cc3)nc2)cc(OC)c1OCC(N)=O. The van der Waals surface area contributed by atoms with Gasteiger partial charge in [-0.2, -0.15) is 0 Å².